The molecule has 0 saturated heterocycles. The van der Waals surface area contributed by atoms with E-state index in [9.17, 15) is 0 Å². The van der Waals surface area contributed by atoms with Crippen molar-refractivity contribution in [1.29, 1.82) is 0 Å². The van der Waals surface area contributed by atoms with Crippen molar-refractivity contribution in [2.45, 2.75) is 26.4 Å². The molecule has 1 atom stereocenters. The summed E-state index contributed by atoms with van der Waals surface area (Å²) < 4.78 is 10.5. The summed E-state index contributed by atoms with van der Waals surface area (Å²) in [6.07, 6.45) is 1.82. The van der Waals surface area contributed by atoms with E-state index in [4.69, 9.17) is 9.47 Å². The second-order valence-electron chi connectivity index (χ2n) is 5.06. The summed E-state index contributed by atoms with van der Waals surface area (Å²) in [5, 5.41) is 3.49. The number of pyridine rings is 1. The fourth-order valence-corrected chi connectivity index (χ4v) is 2.19. The highest BCUT2D eigenvalue weighted by Gasteiger charge is 2.11. The number of rotatable bonds is 6. The third kappa shape index (κ3) is 3.95. The molecule has 0 bridgehead atoms. The van der Waals surface area contributed by atoms with Gasteiger partial charge in [-0.3, -0.25) is 0 Å². The van der Waals surface area contributed by atoms with Crippen LogP contribution in [0.15, 0.2) is 36.5 Å². The summed E-state index contributed by atoms with van der Waals surface area (Å²) in [6.45, 7) is 4.94. The second kappa shape index (κ2) is 7.09. The molecule has 0 amide bonds. The van der Waals surface area contributed by atoms with Crippen LogP contribution >= 0.6 is 0 Å². The van der Waals surface area contributed by atoms with Crippen LogP contribution in [0.4, 0.5) is 0 Å². The van der Waals surface area contributed by atoms with Crippen LogP contribution in [0.2, 0.25) is 0 Å². The molecule has 0 aliphatic rings. The van der Waals surface area contributed by atoms with Crippen LogP contribution in [-0.4, -0.2) is 19.2 Å². The first-order valence-electron chi connectivity index (χ1n) is 7.01. The predicted molar refractivity (Wildman–Crippen MR) is 83.8 cm³/mol. The second-order valence-corrected chi connectivity index (χ2v) is 5.06. The number of hydrogen-bond acceptors (Lipinski definition) is 4. The minimum Gasteiger partial charge on any atom is -0.496 e. The molecule has 112 valence electrons. The molecule has 1 heterocycles. The smallest absolute Gasteiger partial charge is 0.212 e. The maximum Gasteiger partial charge on any atom is 0.212 e. The van der Waals surface area contributed by atoms with Crippen molar-refractivity contribution in [3.8, 4) is 11.6 Å². The summed E-state index contributed by atoms with van der Waals surface area (Å²) >= 11 is 0. The lowest BCUT2D eigenvalue weighted by Crippen LogP contribution is -2.18. The number of methoxy groups -OCH3 is 2. The molecule has 0 spiro atoms. The van der Waals surface area contributed by atoms with Crippen molar-refractivity contribution >= 4 is 0 Å². The largest absolute Gasteiger partial charge is 0.496 e. The molecule has 0 aliphatic carbocycles. The van der Waals surface area contributed by atoms with Gasteiger partial charge in [-0.2, -0.15) is 0 Å². The fourth-order valence-electron chi connectivity index (χ4n) is 2.19. The Morgan fingerprint density at radius 2 is 1.95 bits per heavy atom. The van der Waals surface area contributed by atoms with E-state index in [2.05, 4.69) is 42.3 Å². The Kier molecular flexibility index (Phi) is 5.17. The Labute approximate surface area is 126 Å². The van der Waals surface area contributed by atoms with Crippen LogP contribution in [0.3, 0.4) is 0 Å². The molecule has 1 aromatic heterocycles. The number of benzene rings is 1. The van der Waals surface area contributed by atoms with Crippen molar-refractivity contribution in [2.24, 2.45) is 0 Å². The lowest BCUT2D eigenvalue weighted by Gasteiger charge is -2.18. The molecule has 1 aromatic carbocycles. The summed E-state index contributed by atoms with van der Waals surface area (Å²) in [7, 11) is 3.32. The average molecular weight is 286 g/mol. The molecule has 0 aliphatic heterocycles. The number of nitrogens with one attached hydrogen (secondary N) is 1. The van der Waals surface area contributed by atoms with Gasteiger partial charge >= 0.3 is 0 Å². The first-order valence-corrected chi connectivity index (χ1v) is 7.01. The van der Waals surface area contributed by atoms with Crippen LogP contribution in [0, 0.1) is 6.92 Å². The van der Waals surface area contributed by atoms with Crippen LogP contribution < -0.4 is 14.8 Å². The third-order valence-electron chi connectivity index (χ3n) is 3.47. The van der Waals surface area contributed by atoms with Gasteiger partial charge in [0.15, 0.2) is 0 Å². The van der Waals surface area contributed by atoms with Gasteiger partial charge in [-0.15, -0.1) is 0 Å². The van der Waals surface area contributed by atoms with E-state index in [1.807, 2.05) is 18.3 Å². The Morgan fingerprint density at radius 1 is 1.14 bits per heavy atom. The summed E-state index contributed by atoms with van der Waals surface area (Å²) in [5.74, 6) is 1.55. The Bertz CT molecular complexity index is 582. The predicted octanol–water partition coefficient (Wildman–Crippen LogP) is 3.26. The van der Waals surface area contributed by atoms with Gasteiger partial charge in [-0.05, 0) is 31.0 Å². The number of aryl methyl sites for hydroxylation is 1. The van der Waals surface area contributed by atoms with Crippen LogP contribution in [0.5, 0.6) is 11.6 Å². The van der Waals surface area contributed by atoms with Gasteiger partial charge in [0.2, 0.25) is 5.88 Å². The molecule has 4 nitrogen and oxygen atoms in total. The highest BCUT2D eigenvalue weighted by molar-refractivity contribution is 5.39. The third-order valence-corrected chi connectivity index (χ3v) is 3.47. The van der Waals surface area contributed by atoms with Gasteiger partial charge < -0.3 is 14.8 Å². The van der Waals surface area contributed by atoms with Crippen LogP contribution in [0.1, 0.15) is 29.7 Å². The Balaban J connectivity index is 2.02. The summed E-state index contributed by atoms with van der Waals surface area (Å²) in [6, 6.07) is 10.3. The van der Waals surface area contributed by atoms with Gasteiger partial charge in [0, 0.05) is 30.4 Å². The zero-order valence-electron chi connectivity index (χ0n) is 13.0. The SMILES string of the molecule is COc1ccc(CNC(C)c2ccc(C)cc2OC)cn1. The molecular formula is C17H22N2O2. The lowest BCUT2D eigenvalue weighted by molar-refractivity contribution is 0.397. The number of hydrogen-bond donors (Lipinski definition) is 1. The summed E-state index contributed by atoms with van der Waals surface area (Å²) in [4.78, 5) is 4.21. The zero-order valence-corrected chi connectivity index (χ0v) is 13.0. The lowest BCUT2D eigenvalue weighted by atomic mass is 10.0. The first kappa shape index (κ1) is 15.3. The minimum atomic E-state index is 0.197. The molecule has 0 saturated carbocycles. The standard InChI is InChI=1S/C17H22N2O2/c1-12-5-7-15(16(9-12)20-3)13(2)18-10-14-6-8-17(21-4)19-11-14/h5-9,11,13,18H,10H2,1-4H3. The molecule has 21 heavy (non-hydrogen) atoms. The van der Waals surface area contributed by atoms with Gasteiger partial charge in [-0.1, -0.05) is 18.2 Å². The maximum atomic E-state index is 5.46. The first-order chi connectivity index (χ1) is 10.1. The van der Waals surface area contributed by atoms with E-state index in [-0.39, 0.29) is 6.04 Å². The number of aromatic nitrogens is 1. The van der Waals surface area contributed by atoms with Crippen molar-refractivity contribution in [2.75, 3.05) is 14.2 Å². The van der Waals surface area contributed by atoms with Crippen LogP contribution in [0.25, 0.3) is 0 Å². The van der Waals surface area contributed by atoms with Crippen molar-refractivity contribution in [3.63, 3.8) is 0 Å². The average Bonchev–Trinajstić information content (AvgIpc) is 2.52. The van der Waals surface area contributed by atoms with Crippen molar-refractivity contribution in [1.82, 2.24) is 10.3 Å². The van der Waals surface area contributed by atoms with Gasteiger partial charge in [0.05, 0.1) is 14.2 Å². The molecule has 0 radical (unpaired) electrons. The normalized spacial score (nSPS) is 12.0. The van der Waals surface area contributed by atoms with E-state index >= 15 is 0 Å². The molecule has 2 aromatic rings. The number of nitrogens with zero attached hydrogens (tertiary/aromatic N) is 1. The summed E-state index contributed by atoms with van der Waals surface area (Å²) in [5.41, 5.74) is 3.47. The quantitative estimate of drug-likeness (QED) is 0.885. The van der Waals surface area contributed by atoms with E-state index in [0.29, 0.717) is 5.88 Å². The molecule has 1 N–H and O–H groups in total. The van der Waals surface area contributed by atoms with Crippen molar-refractivity contribution in [3.05, 3.63) is 53.2 Å². The van der Waals surface area contributed by atoms with Gasteiger partial charge in [0.1, 0.15) is 5.75 Å². The van der Waals surface area contributed by atoms with E-state index in [0.717, 1.165) is 23.4 Å². The topological polar surface area (TPSA) is 43.4 Å². The van der Waals surface area contributed by atoms with Gasteiger partial charge in [0.25, 0.3) is 0 Å². The Hall–Kier alpha value is -2.07. The monoisotopic (exact) mass is 286 g/mol. The molecular weight excluding hydrogens is 264 g/mol. The van der Waals surface area contributed by atoms with E-state index < -0.39 is 0 Å². The molecule has 2 rings (SSSR count). The number of ether oxygens (including phenoxy) is 2. The van der Waals surface area contributed by atoms with Crippen molar-refractivity contribution < 1.29 is 9.47 Å². The Morgan fingerprint density at radius 3 is 2.57 bits per heavy atom. The van der Waals surface area contributed by atoms with E-state index in [1.54, 1.807) is 14.2 Å². The molecule has 1 unspecified atom stereocenters. The highest BCUT2D eigenvalue weighted by atomic mass is 16.5. The molecule has 0 fully saturated rings. The minimum absolute atomic E-state index is 0.197. The maximum absolute atomic E-state index is 5.46. The van der Waals surface area contributed by atoms with Crippen LogP contribution in [-0.2, 0) is 6.54 Å². The highest BCUT2D eigenvalue weighted by Crippen LogP contribution is 2.26. The van der Waals surface area contributed by atoms with Gasteiger partial charge in [-0.25, -0.2) is 4.98 Å². The fraction of sp³-hybridized carbons (Fsp3) is 0.353. The van der Waals surface area contributed by atoms with E-state index in [1.165, 1.54) is 5.56 Å². The zero-order chi connectivity index (χ0) is 15.2. The molecule has 4 heteroatoms.